The van der Waals surface area contributed by atoms with Gasteiger partial charge < -0.3 is 4.74 Å². The molecule has 0 N–H and O–H groups in total. The van der Waals surface area contributed by atoms with Crippen molar-refractivity contribution in [1.29, 1.82) is 0 Å². The summed E-state index contributed by atoms with van der Waals surface area (Å²) >= 11 is 16.0. The molecule has 11 heteroatoms. The highest BCUT2D eigenvalue weighted by Gasteiger charge is 2.33. The fourth-order valence-corrected chi connectivity index (χ4v) is 5.02. The van der Waals surface area contributed by atoms with Crippen LogP contribution < -0.4 is 9.64 Å². The Morgan fingerprint density at radius 1 is 1.21 bits per heavy atom. The number of non-ortho nitro benzene ring substituents is 1. The van der Waals surface area contributed by atoms with Gasteiger partial charge in [0.15, 0.2) is 4.32 Å². The third-order valence-electron chi connectivity index (χ3n) is 4.80. The molecule has 1 saturated heterocycles. The third-order valence-corrected chi connectivity index (χ3v) is 6.95. The molecule has 0 bridgehead atoms. The monoisotopic (exact) mass is 578 g/mol. The SMILES string of the molecule is O=C1/C(=C\c2cc(Br)ccc2OCc2c(F)cccc2Cl)SC(=S)N1c1ccc([N+](=O)[O-])cc1. The Hall–Kier alpha value is -2.79. The van der Waals surface area contributed by atoms with E-state index in [1.54, 1.807) is 30.3 Å². The molecule has 1 amide bonds. The fourth-order valence-electron chi connectivity index (χ4n) is 3.14. The summed E-state index contributed by atoms with van der Waals surface area (Å²) in [5, 5.41) is 11.2. The number of benzene rings is 3. The first kappa shape index (κ1) is 24.3. The Morgan fingerprint density at radius 3 is 2.62 bits per heavy atom. The number of carbonyl (C=O) groups is 1. The molecule has 0 aromatic heterocycles. The van der Waals surface area contributed by atoms with Gasteiger partial charge in [-0.2, -0.15) is 0 Å². The summed E-state index contributed by atoms with van der Waals surface area (Å²) in [5.41, 5.74) is 1.14. The molecule has 0 unspecified atom stereocenters. The number of rotatable bonds is 6. The average molecular weight is 580 g/mol. The van der Waals surface area contributed by atoms with E-state index < -0.39 is 10.7 Å². The number of thioether (sulfide) groups is 1. The smallest absolute Gasteiger partial charge is 0.270 e. The maximum absolute atomic E-state index is 14.1. The van der Waals surface area contributed by atoms with Gasteiger partial charge in [-0.1, -0.05) is 57.6 Å². The van der Waals surface area contributed by atoms with Crippen LogP contribution in [0.2, 0.25) is 5.02 Å². The van der Waals surface area contributed by atoms with Gasteiger partial charge in [-0.25, -0.2) is 4.39 Å². The molecule has 0 aliphatic carbocycles. The number of halogens is 3. The van der Waals surface area contributed by atoms with Crippen LogP contribution >= 0.6 is 51.5 Å². The van der Waals surface area contributed by atoms with Crippen molar-refractivity contribution in [3.8, 4) is 5.75 Å². The van der Waals surface area contributed by atoms with Gasteiger partial charge in [0.2, 0.25) is 0 Å². The number of nitrogens with zero attached hydrogens (tertiary/aromatic N) is 2. The van der Waals surface area contributed by atoms with Crippen molar-refractivity contribution in [3.05, 3.63) is 102 Å². The van der Waals surface area contributed by atoms with Gasteiger partial charge in [0.25, 0.3) is 11.6 Å². The molecule has 172 valence electrons. The largest absolute Gasteiger partial charge is 0.488 e. The minimum Gasteiger partial charge on any atom is -0.488 e. The number of nitro benzene ring substituents is 1. The van der Waals surface area contributed by atoms with Crippen LogP contribution in [0, 0.1) is 15.9 Å². The first-order valence-electron chi connectivity index (χ1n) is 9.62. The van der Waals surface area contributed by atoms with Crippen molar-refractivity contribution < 1.29 is 18.8 Å². The Balaban J connectivity index is 1.61. The van der Waals surface area contributed by atoms with Crippen LogP contribution in [0.5, 0.6) is 5.75 Å². The summed E-state index contributed by atoms with van der Waals surface area (Å²) in [4.78, 5) is 25.1. The molecule has 1 aliphatic heterocycles. The predicted molar refractivity (Wildman–Crippen MR) is 139 cm³/mol. The second-order valence-electron chi connectivity index (χ2n) is 6.96. The van der Waals surface area contributed by atoms with E-state index >= 15 is 0 Å². The topological polar surface area (TPSA) is 72.7 Å². The van der Waals surface area contributed by atoms with Gasteiger partial charge >= 0.3 is 0 Å². The summed E-state index contributed by atoms with van der Waals surface area (Å²) in [6.45, 7) is -0.0995. The van der Waals surface area contributed by atoms with Gasteiger partial charge in [0.05, 0.1) is 20.5 Å². The highest BCUT2D eigenvalue weighted by molar-refractivity contribution is 9.10. The maximum Gasteiger partial charge on any atom is 0.270 e. The number of hydrogen-bond donors (Lipinski definition) is 0. The number of carbonyl (C=O) groups excluding carboxylic acids is 1. The summed E-state index contributed by atoms with van der Waals surface area (Å²) < 4.78 is 21.0. The first-order chi connectivity index (χ1) is 16.2. The molecule has 0 radical (unpaired) electrons. The summed E-state index contributed by atoms with van der Waals surface area (Å²) in [5.74, 6) is -0.426. The maximum atomic E-state index is 14.1. The lowest BCUT2D eigenvalue weighted by atomic mass is 10.1. The van der Waals surface area contributed by atoms with Crippen molar-refractivity contribution in [1.82, 2.24) is 0 Å². The van der Waals surface area contributed by atoms with Crippen molar-refractivity contribution in [2.45, 2.75) is 6.61 Å². The lowest BCUT2D eigenvalue weighted by Crippen LogP contribution is -2.27. The van der Waals surface area contributed by atoms with E-state index in [2.05, 4.69) is 15.9 Å². The van der Waals surface area contributed by atoms with Crippen LogP contribution in [0.25, 0.3) is 6.08 Å². The lowest BCUT2D eigenvalue weighted by molar-refractivity contribution is -0.384. The molecule has 1 fully saturated rings. The van der Waals surface area contributed by atoms with Crippen LogP contribution in [-0.2, 0) is 11.4 Å². The molecule has 3 aromatic rings. The zero-order valence-corrected chi connectivity index (χ0v) is 21.0. The average Bonchev–Trinajstić information content (AvgIpc) is 3.07. The molecule has 1 heterocycles. The number of nitro groups is 1. The minimum absolute atomic E-state index is 0.0874. The van der Waals surface area contributed by atoms with E-state index in [0.29, 0.717) is 26.2 Å². The summed E-state index contributed by atoms with van der Waals surface area (Å²) in [7, 11) is 0. The molecule has 1 aliphatic rings. The van der Waals surface area contributed by atoms with Gasteiger partial charge in [-0.05, 0) is 48.5 Å². The lowest BCUT2D eigenvalue weighted by Gasteiger charge is -2.14. The molecule has 0 saturated carbocycles. The number of anilines is 1. The van der Waals surface area contributed by atoms with Gasteiger partial charge in [-0.3, -0.25) is 19.8 Å². The van der Waals surface area contributed by atoms with Crippen LogP contribution in [0.1, 0.15) is 11.1 Å². The quantitative estimate of drug-likeness (QED) is 0.134. The molecular formula is C23H13BrClFN2O4S2. The molecule has 0 atom stereocenters. The van der Waals surface area contributed by atoms with Crippen LogP contribution in [0.4, 0.5) is 15.8 Å². The minimum atomic E-state index is -0.517. The van der Waals surface area contributed by atoms with Gasteiger partial charge in [0.1, 0.15) is 18.2 Å². The predicted octanol–water partition coefficient (Wildman–Crippen LogP) is 7.13. The van der Waals surface area contributed by atoms with E-state index in [1.807, 2.05) is 0 Å². The van der Waals surface area contributed by atoms with Crippen molar-refractivity contribution in [3.63, 3.8) is 0 Å². The van der Waals surface area contributed by atoms with Crippen LogP contribution in [0.15, 0.2) is 70.0 Å². The number of ether oxygens (including phenoxy) is 1. The molecule has 0 spiro atoms. The van der Waals surface area contributed by atoms with E-state index in [-0.39, 0.29) is 28.8 Å². The van der Waals surface area contributed by atoms with E-state index in [0.717, 1.165) is 16.2 Å². The molecule has 4 rings (SSSR count). The summed E-state index contributed by atoms with van der Waals surface area (Å²) in [6, 6.07) is 15.2. The standard InChI is InChI=1S/C23H13BrClFN2O4S2/c24-14-4-9-20(32-12-17-18(25)2-1-3-19(17)26)13(10-14)11-21-22(29)27(23(33)34-21)15-5-7-16(8-6-15)28(30)31/h1-11H,12H2/b21-11+. The van der Waals surface area contributed by atoms with Crippen molar-refractivity contribution in [2.24, 2.45) is 0 Å². The Kier molecular flexibility index (Phi) is 7.32. The molecule has 3 aromatic carbocycles. The van der Waals surface area contributed by atoms with Crippen molar-refractivity contribution in [2.75, 3.05) is 4.90 Å². The zero-order chi connectivity index (χ0) is 24.4. The van der Waals surface area contributed by atoms with Crippen LogP contribution in [-0.4, -0.2) is 15.2 Å². The number of amides is 1. The normalized spacial score (nSPS) is 14.7. The number of hydrogen-bond acceptors (Lipinski definition) is 6. The number of thiocarbonyl (C=S) groups is 1. The van der Waals surface area contributed by atoms with E-state index in [4.69, 9.17) is 28.6 Å². The van der Waals surface area contributed by atoms with Gasteiger partial charge in [-0.15, -0.1) is 0 Å². The molecule has 34 heavy (non-hydrogen) atoms. The van der Waals surface area contributed by atoms with Gasteiger partial charge in [0, 0.05) is 27.7 Å². The highest BCUT2D eigenvalue weighted by atomic mass is 79.9. The zero-order valence-electron chi connectivity index (χ0n) is 17.0. The Morgan fingerprint density at radius 2 is 1.94 bits per heavy atom. The Labute approximate surface area is 216 Å². The van der Waals surface area contributed by atoms with E-state index in [9.17, 15) is 19.3 Å². The molecular weight excluding hydrogens is 567 g/mol. The Bertz CT molecular complexity index is 1330. The first-order valence-corrected chi connectivity index (χ1v) is 12.0. The highest BCUT2D eigenvalue weighted by Crippen LogP contribution is 2.38. The van der Waals surface area contributed by atoms with Crippen LogP contribution in [0.3, 0.4) is 0 Å². The summed E-state index contributed by atoms with van der Waals surface area (Å²) in [6.07, 6.45) is 1.63. The fraction of sp³-hybridized carbons (Fsp3) is 0.0435. The third kappa shape index (κ3) is 5.15. The second-order valence-corrected chi connectivity index (χ2v) is 9.96. The van der Waals surface area contributed by atoms with Crippen molar-refractivity contribution >= 4 is 79.2 Å². The second kappa shape index (κ2) is 10.2. The molecule has 6 nitrogen and oxygen atoms in total. The van der Waals surface area contributed by atoms with E-state index in [1.165, 1.54) is 41.3 Å².